The van der Waals surface area contributed by atoms with Gasteiger partial charge in [0.15, 0.2) is 0 Å². The van der Waals surface area contributed by atoms with Crippen molar-refractivity contribution in [1.82, 2.24) is 20.4 Å². The maximum Gasteiger partial charge on any atom is 0.411 e. The normalized spacial score (nSPS) is 17.1. The van der Waals surface area contributed by atoms with E-state index in [9.17, 15) is 14.4 Å². The summed E-state index contributed by atoms with van der Waals surface area (Å²) in [5, 5.41) is 10.8. The molecule has 9 nitrogen and oxygen atoms in total. The summed E-state index contributed by atoms with van der Waals surface area (Å²) < 4.78 is 11.2. The molecular formula is C26H36N4O5. The number of amides is 2. The van der Waals surface area contributed by atoms with E-state index in [1.165, 1.54) is 4.90 Å². The van der Waals surface area contributed by atoms with Crippen molar-refractivity contribution >= 4 is 17.8 Å². The Morgan fingerprint density at radius 1 is 1.06 bits per heavy atom. The molecule has 1 aliphatic heterocycles. The smallest absolute Gasteiger partial charge is 0.411 e. The molecule has 0 bridgehead atoms. The minimum atomic E-state index is -0.895. The largest absolute Gasteiger partial charge is 0.444 e. The van der Waals surface area contributed by atoms with Crippen LogP contribution < -0.4 is 5.32 Å². The van der Waals surface area contributed by atoms with Gasteiger partial charge in [-0.15, -0.1) is 10.2 Å². The van der Waals surface area contributed by atoms with Crippen molar-refractivity contribution in [3.05, 3.63) is 47.2 Å². The number of nitrogens with zero attached hydrogens (tertiary/aromatic N) is 3. The maximum absolute atomic E-state index is 13.5. The predicted octanol–water partition coefficient (Wildman–Crippen LogP) is 4.05. The molecule has 0 unspecified atom stereocenters. The molecule has 9 heteroatoms. The van der Waals surface area contributed by atoms with E-state index < -0.39 is 40.9 Å². The van der Waals surface area contributed by atoms with Gasteiger partial charge >= 0.3 is 6.09 Å². The summed E-state index contributed by atoms with van der Waals surface area (Å²) >= 11 is 0. The van der Waals surface area contributed by atoms with Crippen LogP contribution in [0.25, 0.3) is 0 Å². The number of rotatable bonds is 5. The number of fused-ring (bicyclic) bond motifs is 1. The van der Waals surface area contributed by atoms with Crippen LogP contribution in [0.3, 0.4) is 0 Å². The van der Waals surface area contributed by atoms with Crippen molar-refractivity contribution in [2.45, 2.75) is 91.5 Å². The first-order valence-electron chi connectivity index (χ1n) is 11.9. The monoisotopic (exact) mass is 484 g/mol. The standard InChI is InChI=1S/C26H36N4O5/c1-15(2)19(20(31)22-28-29-23(34-22)25(3,4)5)27-21(32)18-13-16-11-9-10-12-17(16)14-30(18)24(33)35-26(6,7)8/h9-12,15,18-19H,13-14H2,1-8H3,(H,27,32)/t18-,19-/m0/s1. The highest BCUT2D eigenvalue weighted by Crippen LogP contribution is 2.26. The van der Waals surface area contributed by atoms with Crippen LogP contribution in [0.5, 0.6) is 0 Å². The Kier molecular flexibility index (Phi) is 7.38. The van der Waals surface area contributed by atoms with Crippen molar-refractivity contribution in [2.75, 3.05) is 0 Å². The van der Waals surface area contributed by atoms with Crippen molar-refractivity contribution in [3.63, 3.8) is 0 Å². The summed E-state index contributed by atoms with van der Waals surface area (Å²) in [6, 6.07) is 5.95. The fourth-order valence-electron chi connectivity index (χ4n) is 3.81. The number of carbonyl (C=O) groups excluding carboxylic acids is 3. The van der Waals surface area contributed by atoms with Gasteiger partial charge in [0.2, 0.25) is 17.6 Å². The molecule has 2 aromatic rings. The Balaban J connectivity index is 1.86. The first-order valence-corrected chi connectivity index (χ1v) is 11.9. The molecule has 0 radical (unpaired) electrons. The van der Waals surface area contributed by atoms with Gasteiger partial charge in [-0.25, -0.2) is 4.79 Å². The predicted molar refractivity (Wildman–Crippen MR) is 130 cm³/mol. The topological polar surface area (TPSA) is 115 Å². The Morgan fingerprint density at radius 3 is 2.23 bits per heavy atom. The van der Waals surface area contributed by atoms with E-state index in [2.05, 4.69) is 15.5 Å². The number of ether oxygens (including phenoxy) is 1. The van der Waals surface area contributed by atoms with Crippen molar-refractivity contribution in [3.8, 4) is 0 Å². The molecule has 1 aromatic heterocycles. The lowest BCUT2D eigenvalue weighted by Gasteiger charge is -2.37. The highest BCUT2D eigenvalue weighted by Gasteiger charge is 2.39. The van der Waals surface area contributed by atoms with Gasteiger partial charge in [0.25, 0.3) is 5.89 Å². The zero-order valence-corrected chi connectivity index (χ0v) is 21.8. The van der Waals surface area contributed by atoms with E-state index in [-0.39, 0.29) is 18.4 Å². The van der Waals surface area contributed by atoms with E-state index in [0.717, 1.165) is 11.1 Å². The van der Waals surface area contributed by atoms with Crippen LogP contribution in [0.4, 0.5) is 4.79 Å². The second kappa shape index (κ2) is 9.79. The van der Waals surface area contributed by atoms with Gasteiger partial charge in [-0.2, -0.15) is 0 Å². The zero-order valence-electron chi connectivity index (χ0n) is 21.8. The minimum Gasteiger partial charge on any atom is -0.444 e. The Bertz CT molecular complexity index is 1090. The molecule has 35 heavy (non-hydrogen) atoms. The van der Waals surface area contributed by atoms with Crippen LogP contribution in [0.2, 0.25) is 0 Å². The van der Waals surface area contributed by atoms with E-state index in [1.54, 1.807) is 20.8 Å². The third kappa shape index (κ3) is 6.26. The van der Waals surface area contributed by atoms with Gasteiger partial charge in [-0.1, -0.05) is 58.9 Å². The van der Waals surface area contributed by atoms with Crippen LogP contribution in [0, 0.1) is 5.92 Å². The van der Waals surface area contributed by atoms with Crippen molar-refractivity contribution < 1.29 is 23.5 Å². The lowest BCUT2D eigenvalue weighted by molar-refractivity contribution is -0.127. The number of nitrogens with one attached hydrogen (secondary N) is 1. The van der Waals surface area contributed by atoms with Gasteiger partial charge in [-0.3, -0.25) is 14.5 Å². The van der Waals surface area contributed by atoms with Crippen LogP contribution in [-0.2, 0) is 27.9 Å². The van der Waals surface area contributed by atoms with E-state index >= 15 is 0 Å². The van der Waals surface area contributed by atoms with Crippen LogP contribution in [-0.4, -0.2) is 50.6 Å². The van der Waals surface area contributed by atoms with Crippen LogP contribution >= 0.6 is 0 Å². The quantitative estimate of drug-likeness (QED) is 0.637. The number of carbonyl (C=O) groups is 3. The first-order chi connectivity index (χ1) is 16.2. The highest BCUT2D eigenvalue weighted by molar-refractivity contribution is 5.99. The van der Waals surface area contributed by atoms with Gasteiger partial charge in [-0.05, 0) is 37.8 Å². The third-order valence-corrected chi connectivity index (χ3v) is 5.70. The molecule has 3 rings (SSSR count). The lowest BCUT2D eigenvalue weighted by atomic mass is 9.92. The summed E-state index contributed by atoms with van der Waals surface area (Å²) in [6.45, 7) is 14.9. The van der Waals surface area contributed by atoms with Gasteiger partial charge < -0.3 is 14.5 Å². The molecule has 2 heterocycles. The van der Waals surface area contributed by atoms with E-state index in [4.69, 9.17) is 9.15 Å². The average Bonchev–Trinajstić information content (AvgIpc) is 3.25. The summed E-state index contributed by atoms with van der Waals surface area (Å²) in [5.41, 5.74) is 0.811. The first kappa shape index (κ1) is 26.4. The minimum absolute atomic E-state index is 0.146. The molecule has 1 aliphatic rings. The fraction of sp³-hybridized carbons (Fsp3) is 0.577. The fourth-order valence-corrected chi connectivity index (χ4v) is 3.81. The van der Waals surface area contributed by atoms with Gasteiger partial charge in [0, 0.05) is 11.8 Å². The third-order valence-electron chi connectivity index (χ3n) is 5.70. The molecule has 2 amide bonds. The summed E-state index contributed by atoms with van der Waals surface area (Å²) in [5.74, 6) is -0.951. The van der Waals surface area contributed by atoms with Crippen LogP contribution in [0.15, 0.2) is 28.7 Å². The molecule has 2 atom stereocenters. The molecule has 1 N–H and O–H groups in total. The number of aromatic nitrogens is 2. The lowest BCUT2D eigenvalue weighted by Crippen LogP contribution is -2.57. The number of hydrogen-bond donors (Lipinski definition) is 1. The molecule has 0 saturated carbocycles. The van der Waals surface area contributed by atoms with Gasteiger partial charge in [0.1, 0.15) is 11.6 Å². The summed E-state index contributed by atoms with van der Waals surface area (Å²) in [4.78, 5) is 41.2. The van der Waals surface area contributed by atoms with E-state index in [0.29, 0.717) is 12.3 Å². The number of Topliss-reactive ketones (excluding diaryl/α,β-unsaturated/α-hetero) is 1. The molecule has 1 aromatic carbocycles. The molecule has 0 fully saturated rings. The Hall–Kier alpha value is -3.23. The Morgan fingerprint density at radius 2 is 1.69 bits per heavy atom. The maximum atomic E-state index is 13.5. The molecule has 0 saturated heterocycles. The summed E-state index contributed by atoms with van der Waals surface area (Å²) in [7, 11) is 0. The summed E-state index contributed by atoms with van der Waals surface area (Å²) in [6.07, 6.45) is -0.263. The SMILES string of the molecule is CC(C)[C@H](NC(=O)[C@@H]1Cc2ccccc2CN1C(=O)OC(C)(C)C)C(=O)c1nnc(C(C)(C)C)o1. The highest BCUT2D eigenvalue weighted by atomic mass is 16.6. The van der Waals surface area contributed by atoms with Crippen molar-refractivity contribution in [2.24, 2.45) is 5.92 Å². The van der Waals surface area contributed by atoms with Gasteiger partial charge in [0.05, 0.1) is 12.6 Å². The Labute approximate surface area is 206 Å². The second-order valence-electron chi connectivity index (χ2n) is 11.4. The molecule has 190 valence electrons. The molecule has 0 spiro atoms. The number of benzene rings is 1. The number of hydrogen-bond acceptors (Lipinski definition) is 7. The number of ketones is 1. The van der Waals surface area contributed by atoms with E-state index in [1.807, 2.05) is 58.9 Å². The molecule has 0 aliphatic carbocycles. The zero-order chi connectivity index (χ0) is 26.1. The second-order valence-corrected chi connectivity index (χ2v) is 11.4. The molecular weight excluding hydrogens is 448 g/mol. The average molecular weight is 485 g/mol. The van der Waals surface area contributed by atoms with Crippen molar-refractivity contribution in [1.29, 1.82) is 0 Å². The van der Waals surface area contributed by atoms with Crippen LogP contribution in [0.1, 0.15) is 83.1 Å².